The van der Waals surface area contributed by atoms with Gasteiger partial charge in [-0.1, -0.05) is 0 Å². The van der Waals surface area contributed by atoms with Gasteiger partial charge in [-0.2, -0.15) is 13.8 Å². The van der Waals surface area contributed by atoms with Crippen molar-refractivity contribution in [3.8, 4) is 0 Å². The lowest BCUT2D eigenvalue weighted by Crippen LogP contribution is -2.10. The lowest BCUT2D eigenvalue weighted by atomic mass is 10.3. The first kappa shape index (κ1) is 12.6. The van der Waals surface area contributed by atoms with E-state index in [9.17, 15) is 17.6 Å². The molecule has 0 radical (unpaired) electrons. The van der Waals surface area contributed by atoms with Crippen LogP contribution >= 0.6 is 11.8 Å². The molecule has 7 heteroatoms. The highest BCUT2D eigenvalue weighted by molar-refractivity contribution is 7.99. The number of ether oxygens (including phenoxy) is 1. The van der Waals surface area contributed by atoms with Crippen molar-refractivity contribution in [2.24, 2.45) is 0 Å². The van der Waals surface area contributed by atoms with Crippen LogP contribution in [0.4, 0.5) is 17.6 Å². The summed E-state index contributed by atoms with van der Waals surface area (Å²) in [6.07, 6.45) is 1.54. The second-order valence-corrected chi connectivity index (χ2v) is 4.63. The van der Waals surface area contributed by atoms with Crippen molar-refractivity contribution in [2.45, 2.75) is 23.8 Å². The van der Waals surface area contributed by atoms with Gasteiger partial charge in [0, 0.05) is 12.4 Å². The molecular formula is C10H9F4NOS. The van der Waals surface area contributed by atoms with Crippen LogP contribution in [0, 0.1) is 23.5 Å². The molecule has 1 saturated heterocycles. The van der Waals surface area contributed by atoms with E-state index in [0.717, 1.165) is 12.8 Å². The molecule has 1 unspecified atom stereocenters. The van der Waals surface area contributed by atoms with Crippen LogP contribution in [0.15, 0.2) is 4.90 Å². The fraction of sp³-hybridized carbons (Fsp3) is 0.500. The molecule has 1 aliphatic rings. The Kier molecular flexibility index (Phi) is 3.88. The average Bonchev–Trinajstić information content (AvgIpc) is 2.79. The molecule has 1 aromatic heterocycles. The number of thioether (sulfide) groups is 1. The first-order valence-electron chi connectivity index (χ1n) is 5.04. The fourth-order valence-electron chi connectivity index (χ4n) is 1.55. The Morgan fingerprint density at radius 2 is 1.82 bits per heavy atom. The number of aromatic nitrogens is 1. The van der Waals surface area contributed by atoms with E-state index in [4.69, 9.17) is 4.74 Å². The third-order valence-electron chi connectivity index (χ3n) is 2.39. The molecule has 0 bridgehead atoms. The SMILES string of the molecule is Fc1nc(F)c(F)c(SCC2CCCO2)c1F. The first-order chi connectivity index (χ1) is 8.09. The predicted octanol–water partition coefficient (Wildman–Crippen LogP) is 2.91. The van der Waals surface area contributed by atoms with Crippen LogP contribution in [-0.4, -0.2) is 23.4 Å². The predicted molar refractivity (Wildman–Crippen MR) is 53.8 cm³/mol. The van der Waals surface area contributed by atoms with Gasteiger partial charge in [0.15, 0.2) is 11.6 Å². The standard InChI is InChI=1S/C10H9F4NOS/c11-6-8(7(12)10(14)15-9(6)13)17-4-5-2-1-3-16-5/h5H,1-4H2. The fourth-order valence-corrected chi connectivity index (χ4v) is 2.58. The van der Waals surface area contributed by atoms with Crippen molar-refractivity contribution >= 4 is 11.8 Å². The van der Waals surface area contributed by atoms with E-state index in [1.54, 1.807) is 0 Å². The van der Waals surface area contributed by atoms with Gasteiger partial charge in [0.25, 0.3) is 11.9 Å². The maximum absolute atomic E-state index is 13.2. The Hall–Kier alpha value is -0.820. The average molecular weight is 267 g/mol. The summed E-state index contributed by atoms with van der Waals surface area (Å²) in [4.78, 5) is 1.81. The molecule has 0 aromatic carbocycles. The summed E-state index contributed by atoms with van der Waals surface area (Å²) in [6.45, 7) is 0.606. The van der Waals surface area contributed by atoms with E-state index in [0.29, 0.717) is 18.4 Å². The van der Waals surface area contributed by atoms with Crippen molar-refractivity contribution in [3.05, 3.63) is 23.5 Å². The second kappa shape index (κ2) is 5.22. The Bertz CT molecular complexity index is 397. The summed E-state index contributed by atoms with van der Waals surface area (Å²) in [5.74, 6) is -5.90. The molecule has 1 aromatic rings. The van der Waals surface area contributed by atoms with E-state index in [1.807, 2.05) is 0 Å². The van der Waals surface area contributed by atoms with E-state index in [2.05, 4.69) is 4.98 Å². The normalized spacial score (nSPS) is 19.9. The van der Waals surface area contributed by atoms with Crippen molar-refractivity contribution in [1.82, 2.24) is 4.98 Å². The van der Waals surface area contributed by atoms with Gasteiger partial charge in [-0.25, -0.2) is 8.78 Å². The molecule has 1 aliphatic heterocycles. The minimum atomic E-state index is -1.63. The molecule has 17 heavy (non-hydrogen) atoms. The van der Waals surface area contributed by atoms with Crippen LogP contribution in [0.3, 0.4) is 0 Å². The minimum Gasteiger partial charge on any atom is -0.377 e. The molecule has 0 aliphatic carbocycles. The zero-order valence-electron chi connectivity index (χ0n) is 8.68. The summed E-state index contributed by atoms with van der Waals surface area (Å²) in [6, 6.07) is 0. The van der Waals surface area contributed by atoms with Gasteiger partial charge in [-0.05, 0) is 12.8 Å². The molecule has 2 rings (SSSR count). The lowest BCUT2D eigenvalue weighted by molar-refractivity contribution is 0.129. The van der Waals surface area contributed by atoms with Crippen molar-refractivity contribution in [1.29, 1.82) is 0 Å². The van der Waals surface area contributed by atoms with Gasteiger partial charge < -0.3 is 4.74 Å². The largest absolute Gasteiger partial charge is 0.377 e. The van der Waals surface area contributed by atoms with Crippen molar-refractivity contribution in [2.75, 3.05) is 12.4 Å². The van der Waals surface area contributed by atoms with Gasteiger partial charge in [-0.3, -0.25) is 0 Å². The molecule has 2 heterocycles. The number of halogens is 4. The highest BCUT2D eigenvalue weighted by Gasteiger charge is 2.23. The monoisotopic (exact) mass is 267 g/mol. The Morgan fingerprint density at radius 1 is 1.18 bits per heavy atom. The van der Waals surface area contributed by atoms with Crippen LogP contribution in [0.1, 0.15) is 12.8 Å². The zero-order chi connectivity index (χ0) is 12.4. The smallest absolute Gasteiger partial charge is 0.252 e. The number of rotatable bonds is 3. The topological polar surface area (TPSA) is 22.1 Å². The number of hydrogen-bond donors (Lipinski definition) is 0. The third kappa shape index (κ3) is 2.71. The van der Waals surface area contributed by atoms with Crippen LogP contribution in [0.5, 0.6) is 0 Å². The molecule has 0 spiro atoms. The van der Waals surface area contributed by atoms with Crippen molar-refractivity contribution in [3.63, 3.8) is 0 Å². The summed E-state index contributed by atoms with van der Waals surface area (Å²) < 4.78 is 57.2. The highest BCUT2D eigenvalue weighted by atomic mass is 32.2. The minimum absolute atomic E-state index is 0.127. The van der Waals surface area contributed by atoms with Gasteiger partial charge in [-0.15, -0.1) is 11.8 Å². The maximum Gasteiger partial charge on any atom is 0.252 e. The Balaban J connectivity index is 2.13. The maximum atomic E-state index is 13.2. The lowest BCUT2D eigenvalue weighted by Gasteiger charge is -2.10. The van der Waals surface area contributed by atoms with Crippen LogP contribution < -0.4 is 0 Å². The zero-order valence-corrected chi connectivity index (χ0v) is 9.50. The van der Waals surface area contributed by atoms with Gasteiger partial charge in [0.1, 0.15) is 0 Å². The second-order valence-electron chi connectivity index (χ2n) is 3.60. The number of pyridine rings is 1. The van der Waals surface area contributed by atoms with E-state index in [-0.39, 0.29) is 11.9 Å². The van der Waals surface area contributed by atoms with Gasteiger partial charge in [0.05, 0.1) is 11.0 Å². The summed E-state index contributed by atoms with van der Waals surface area (Å²) in [5.41, 5.74) is 0. The Labute approximate surface area is 99.4 Å². The number of nitrogens with zero attached hydrogens (tertiary/aromatic N) is 1. The van der Waals surface area contributed by atoms with E-state index in [1.165, 1.54) is 0 Å². The van der Waals surface area contributed by atoms with Crippen molar-refractivity contribution < 1.29 is 22.3 Å². The molecule has 2 nitrogen and oxygen atoms in total. The molecule has 0 N–H and O–H groups in total. The molecule has 1 fully saturated rings. The van der Waals surface area contributed by atoms with Crippen LogP contribution in [-0.2, 0) is 4.74 Å². The molecule has 0 saturated carbocycles. The molecule has 1 atom stereocenters. The van der Waals surface area contributed by atoms with Crippen LogP contribution in [0.25, 0.3) is 0 Å². The van der Waals surface area contributed by atoms with E-state index >= 15 is 0 Å². The van der Waals surface area contributed by atoms with Gasteiger partial charge in [0.2, 0.25) is 0 Å². The summed E-state index contributed by atoms with van der Waals surface area (Å²) in [5, 5.41) is 0. The third-order valence-corrected chi connectivity index (χ3v) is 3.58. The first-order valence-corrected chi connectivity index (χ1v) is 6.02. The quantitative estimate of drug-likeness (QED) is 0.477. The van der Waals surface area contributed by atoms with Gasteiger partial charge >= 0.3 is 0 Å². The highest BCUT2D eigenvalue weighted by Crippen LogP contribution is 2.29. The molecular weight excluding hydrogens is 258 g/mol. The van der Waals surface area contributed by atoms with E-state index < -0.39 is 28.4 Å². The molecule has 0 amide bonds. The molecule has 94 valence electrons. The van der Waals surface area contributed by atoms with Crippen LogP contribution in [0.2, 0.25) is 0 Å². The summed E-state index contributed by atoms with van der Waals surface area (Å²) >= 11 is 0.704. The Morgan fingerprint density at radius 3 is 2.35 bits per heavy atom. The number of hydrogen-bond acceptors (Lipinski definition) is 3. The summed E-state index contributed by atoms with van der Waals surface area (Å²) in [7, 11) is 0.